The summed E-state index contributed by atoms with van der Waals surface area (Å²) < 4.78 is 29.5. The normalized spacial score (nSPS) is 10.6. The Hall–Kier alpha value is 1.90. The van der Waals surface area contributed by atoms with Gasteiger partial charge in [-0.2, -0.15) is 8.42 Å². The minimum atomic E-state index is -3.97. The fraction of sp³-hybridized carbons (Fsp3) is 0.500. The predicted octanol–water partition coefficient (Wildman–Crippen LogP) is -2.75. The molecule has 0 aliphatic rings. The van der Waals surface area contributed by atoms with Crippen LogP contribution in [-0.2, 0) is 43.4 Å². The van der Waals surface area contributed by atoms with Gasteiger partial charge >= 0.3 is 137 Å². The number of hydrogen-bond donors (Lipinski definition) is 4. The zero-order chi connectivity index (χ0) is 12.6. The summed E-state index contributed by atoms with van der Waals surface area (Å²) >= 11 is 4.13. The summed E-state index contributed by atoms with van der Waals surface area (Å²) in [6.07, 6.45) is -2.19. The molecular formula is C4H9AuNa2O8S2. The minimum absolute atomic E-state index is 0. The van der Waals surface area contributed by atoms with Gasteiger partial charge in [-0.25, -0.2) is 0 Å². The molecule has 0 aromatic carbocycles. The number of aliphatic carboxylic acids is 1. The summed E-state index contributed by atoms with van der Waals surface area (Å²) in [6, 6.07) is 0. The van der Waals surface area contributed by atoms with E-state index in [0.29, 0.717) is 0 Å². The summed E-state index contributed by atoms with van der Waals surface area (Å²) in [5.41, 5.74) is 0. The maximum atomic E-state index is 10.3. The van der Waals surface area contributed by atoms with Crippen LogP contribution in [0.15, 0.2) is 0 Å². The van der Waals surface area contributed by atoms with E-state index in [9.17, 15) is 9.59 Å². The molecule has 13 heteroatoms. The van der Waals surface area contributed by atoms with E-state index in [1.54, 1.807) is 0 Å². The van der Waals surface area contributed by atoms with E-state index in [2.05, 4.69) is 14.9 Å². The summed E-state index contributed by atoms with van der Waals surface area (Å²) in [5, 5.41) is 16.6. The van der Waals surface area contributed by atoms with Gasteiger partial charge in [0, 0.05) is 0 Å². The summed E-state index contributed by atoms with van der Waals surface area (Å²) in [6.45, 7) is 0. The molecule has 0 spiro atoms. The van der Waals surface area contributed by atoms with Gasteiger partial charge in [0.1, 0.15) is 0 Å². The molecule has 1 unspecified atom stereocenters. The van der Waals surface area contributed by atoms with Gasteiger partial charge in [-0.05, 0) is 11.7 Å². The van der Waals surface area contributed by atoms with Gasteiger partial charge in [0.25, 0.3) is 0 Å². The van der Waals surface area contributed by atoms with Crippen LogP contribution in [0.4, 0.5) is 0 Å². The topological polar surface area (TPSA) is 138 Å². The van der Waals surface area contributed by atoms with Gasteiger partial charge in [0.15, 0.2) is 0 Å². The van der Waals surface area contributed by atoms with Crippen LogP contribution in [0.5, 0.6) is 0 Å². The zero-order valence-corrected chi connectivity index (χ0v) is 10.7. The zero-order valence-electron chi connectivity index (χ0n) is 6.82. The summed E-state index contributed by atoms with van der Waals surface area (Å²) in [4.78, 5) is 20.2. The first-order valence-corrected chi connectivity index (χ1v) is 6.34. The molecule has 0 radical (unpaired) electrons. The second-order valence-electron chi connectivity index (χ2n) is 1.94. The first-order chi connectivity index (χ1) is 6.57. The molecule has 0 aromatic rings. The van der Waals surface area contributed by atoms with Gasteiger partial charge in [-0.15, -0.1) is 0 Å². The number of aliphatic hydroxyl groups is 1. The van der Waals surface area contributed by atoms with Crippen LogP contribution < -0.4 is 0 Å². The van der Waals surface area contributed by atoms with Crippen LogP contribution in [0.3, 0.4) is 0 Å². The Morgan fingerprint density at radius 3 is 1.82 bits per heavy atom. The van der Waals surface area contributed by atoms with E-state index in [1.165, 1.54) is 21.5 Å². The van der Waals surface area contributed by atoms with Crippen LogP contribution in [0.25, 0.3) is 0 Å². The molecule has 1 atom stereocenters. The number of carbonyl (C=O) groups excluding carboxylic acids is 1. The molecule has 0 aromatic heterocycles. The van der Waals surface area contributed by atoms with Crippen molar-refractivity contribution in [3.63, 3.8) is 0 Å². The van der Waals surface area contributed by atoms with E-state index < -0.39 is 33.6 Å². The molecule has 3 N–H and O–H groups in total. The van der Waals surface area contributed by atoms with Crippen molar-refractivity contribution < 1.29 is 57.5 Å². The molecule has 0 saturated carbocycles. The van der Waals surface area contributed by atoms with Crippen molar-refractivity contribution in [2.75, 3.05) is 0 Å². The van der Waals surface area contributed by atoms with E-state index in [0.717, 1.165) is 0 Å². The third kappa shape index (κ3) is 32.0. The fourth-order valence-corrected chi connectivity index (χ4v) is 0.451. The second-order valence-corrected chi connectivity index (χ2v) is 4.66. The average molecular weight is 492 g/mol. The van der Waals surface area contributed by atoms with Crippen LogP contribution >= 0.6 is 11.7 Å². The number of carbonyl (C=O) groups is 2. The Labute approximate surface area is 159 Å². The van der Waals surface area contributed by atoms with Crippen molar-refractivity contribution in [3.8, 4) is 0 Å². The molecule has 0 aliphatic heterocycles. The van der Waals surface area contributed by atoms with Crippen LogP contribution in [0.1, 0.15) is 6.42 Å². The second kappa shape index (κ2) is 14.3. The van der Waals surface area contributed by atoms with Crippen LogP contribution in [-0.4, -0.2) is 100 Å². The quantitative estimate of drug-likeness (QED) is 0.144. The molecule has 0 fully saturated rings. The Balaban J connectivity index is -0.000000105. The molecule has 0 rings (SSSR count). The Bertz CT molecular complexity index is 311. The van der Waals surface area contributed by atoms with Gasteiger partial charge in [0.05, 0.1) is 0 Å². The summed E-state index contributed by atoms with van der Waals surface area (Å²) in [5.74, 6) is -2.20. The SMILES string of the molecule is O=C(CC(O)C(=O)O)[O][Au].O=S(=O)(O)S.[NaH].[NaH]. The van der Waals surface area contributed by atoms with Crippen molar-refractivity contribution in [3.05, 3.63) is 0 Å². The summed E-state index contributed by atoms with van der Waals surface area (Å²) in [7, 11) is -3.97. The van der Waals surface area contributed by atoms with Crippen molar-refractivity contribution in [2.24, 2.45) is 0 Å². The molecule has 8 nitrogen and oxygen atoms in total. The van der Waals surface area contributed by atoms with Gasteiger partial charge in [0.2, 0.25) is 0 Å². The average Bonchev–Trinajstić information content (AvgIpc) is 2.00. The number of carboxylic acids is 1. The van der Waals surface area contributed by atoms with Gasteiger partial charge < -0.3 is 0 Å². The molecule has 0 amide bonds. The molecule has 0 saturated heterocycles. The Morgan fingerprint density at radius 2 is 1.65 bits per heavy atom. The standard InChI is InChI=1S/C4H6O5.Au.2Na.H2O3S2.2H/c5-2(4(8)9)1-3(6)7;;;;1-5(2,3)4;;/h2,5H,1H2,(H,6,7)(H,8,9);;;;(H2,1,2,3,4);;/q;+1;;;;;/p-1. The van der Waals surface area contributed by atoms with E-state index in [-0.39, 0.29) is 59.1 Å². The van der Waals surface area contributed by atoms with Crippen molar-refractivity contribution in [1.82, 2.24) is 0 Å². The number of carboxylic acid groups (broad SMARTS) is 1. The fourth-order valence-electron chi connectivity index (χ4n) is 0.270. The van der Waals surface area contributed by atoms with E-state index in [4.69, 9.17) is 23.2 Å². The molecule has 17 heavy (non-hydrogen) atoms. The molecule has 0 bridgehead atoms. The Morgan fingerprint density at radius 1 is 1.35 bits per heavy atom. The monoisotopic (exact) mass is 492 g/mol. The Kier molecular flexibility index (Phi) is 23.0. The number of aliphatic hydroxyl groups excluding tert-OH is 1. The van der Waals surface area contributed by atoms with Crippen molar-refractivity contribution in [2.45, 2.75) is 12.5 Å². The van der Waals surface area contributed by atoms with E-state index >= 15 is 0 Å². The van der Waals surface area contributed by atoms with Crippen LogP contribution in [0.2, 0.25) is 0 Å². The molecule has 98 valence electrons. The van der Waals surface area contributed by atoms with Crippen LogP contribution in [0, 0.1) is 0 Å². The predicted molar refractivity (Wildman–Crippen MR) is 59.2 cm³/mol. The first kappa shape index (κ1) is 27.3. The van der Waals surface area contributed by atoms with E-state index in [1.807, 2.05) is 0 Å². The maximum absolute atomic E-state index is 10.3. The third-order valence-corrected chi connectivity index (χ3v) is 1.21. The number of rotatable bonds is 3. The number of thiol groups is 1. The molecule has 0 heterocycles. The number of hydrogen-bond acceptors (Lipinski definition) is 6. The van der Waals surface area contributed by atoms with Crippen molar-refractivity contribution >= 4 is 91.9 Å². The van der Waals surface area contributed by atoms with Gasteiger partial charge in [-0.1, -0.05) is 0 Å². The first-order valence-electron chi connectivity index (χ1n) is 2.97. The third-order valence-electron chi connectivity index (χ3n) is 0.714. The van der Waals surface area contributed by atoms with Gasteiger partial charge in [-0.3, -0.25) is 4.55 Å². The molecule has 0 aliphatic carbocycles. The van der Waals surface area contributed by atoms with Crippen molar-refractivity contribution in [1.29, 1.82) is 0 Å². The molecular weight excluding hydrogens is 483 g/mol.